The Morgan fingerprint density at radius 2 is 2.11 bits per heavy atom. The van der Waals surface area contributed by atoms with E-state index in [2.05, 4.69) is 25.9 Å². The van der Waals surface area contributed by atoms with Gasteiger partial charge < -0.3 is 5.73 Å². The number of aromatic nitrogens is 3. The minimum Gasteiger partial charge on any atom is -0.369 e. The second-order valence-electron chi connectivity index (χ2n) is 3.77. The molecule has 1 aromatic carbocycles. The van der Waals surface area contributed by atoms with Gasteiger partial charge in [0.2, 0.25) is 5.95 Å². The van der Waals surface area contributed by atoms with E-state index in [1.165, 1.54) is 0 Å². The van der Waals surface area contributed by atoms with Crippen molar-refractivity contribution in [2.24, 2.45) is 0 Å². The molecule has 90 valence electrons. The first-order valence-electron chi connectivity index (χ1n) is 5.20. The molecule has 0 saturated carbocycles. The fourth-order valence-corrected chi connectivity index (χ4v) is 2.45. The van der Waals surface area contributed by atoms with Crippen LogP contribution in [0, 0.1) is 0 Å². The minimum absolute atomic E-state index is 0.404. The standard InChI is InChI=1S/C12H8BrClN4/c13-8-2-1-7(14)5-11(8)18-10-3-4-16-6-9(10)17-12(18)15/h1-6H,(H2,15,17). The van der Waals surface area contributed by atoms with Gasteiger partial charge in [-0.1, -0.05) is 11.6 Å². The largest absolute Gasteiger partial charge is 0.369 e. The van der Waals surface area contributed by atoms with Crippen LogP contribution in [0.4, 0.5) is 5.95 Å². The zero-order valence-electron chi connectivity index (χ0n) is 9.14. The molecule has 0 spiro atoms. The lowest BCUT2D eigenvalue weighted by Gasteiger charge is -2.09. The molecule has 0 atom stereocenters. The predicted molar refractivity (Wildman–Crippen MR) is 76.0 cm³/mol. The Kier molecular flexibility index (Phi) is 2.72. The summed E-state index contributed by atoms with van der Waals surface area (Å²) in [5.41, 5.74) is 8.47. The first-order valence-corrected chi connectivity index (χ1v) is 6.37. The lowest BCUT2D eigenvalue weighted by molar-refractivity contribution is 1.10. The summed E-state index contributed by atoms with van der Waals surface area (Å²) in [6, 6.07) is 7.39. The maximum Gasteiger partial charge on any atom is 0.206 e. The number of nitrogens with zero attached hydrogens (tertiary/aromatic N) is 3. The number of hydrogen-bond donors (Lipinski definition) is 1. The van der Waals surface area contributed by atoms with Crippen LogP contribution in [0.2, 0.25) is 5.02 Å². The number of nitrogen functional groups attached to an aromatic ring is 1. The van der Waals surface area contributed by atoms with Gasteiger partial charge in [0.15, 0.2) is 0 Å². The topological polar surface area (TPSA) is 56.7 Å². The molecule has 2 heterocycles. The number of fused-ring (bicyclic) bond motifs is 1. The van der Waals surface area contributed by atoms with Crippen molar-refractivity contribution in [3.8, 4) is 5.69 Å². The van der Waals surface area contributed by atoms with Gasteiger partial charge in [0.25, 0.3) is 0 Å². The molecule has 0 amide bonds. The van der Waals surface area contributed by atoms with Crippen molar-refractivity contribution in [3.63, 3.8) is 0 Å². The van der Waals surface area contributed by atoms with Crippen molar-refractivity contribution in [1.82, 2.24) is 14.5 Å². The van der Waals surface area contributed by atoms with Gasteiger partial charge in [-0.3, -0.25) is 9.55 Å². The number of imidazole rings is 1. The van der Waals surface area contributed by atoms with E-state index in [-0.39, 0.29) is 0 Å². The Hall–Kier alpha value is -1.59. The van der Waals surface area contributed by atoms with E-state index in [4.69, 9.17) is 17.3 Å². The molecule has 0 radical (unpaired) electrons. The highest BCUT2D eigenvalue weighted by Crippen LogP contribution is 2.29. The Morgan fingerprint density at radius 3 is 2.94 bits per heavy atom. The summed E-state index contributed by atoms with van der Waals surface area (Å²) in [7, 11) is 0. The Morgan fingerprint density at radius 1 is 1.28 bits per heavy atom. The van der Waals surface area contributed by atoms with Gasteiger partial charge in [-0.05, 0) is 40.2 Å². The molecule has 0 aliphatic rings. The van der Waals surface area contributed by atoms with E-state index >= 15 is 0 Å². The van der Waals surface area contributed by atoms with Crippen molar-refractivity contribution < 1.29 is 0 Å². The maximum atomic E-state index is 6.03. The lowest BCUT2D eigenvalue weighted by atomic mass is 10.3. The summed E-state index contributed by atoms with van der Waals surface area (Å²) in [5, 5.41) is 0.642. The van der Waals surface area contributed by atoms with Crippen molar-refractivity contribution >= 4 is 44.5 Å². The fourth-order valence-electron chi connectivity index (χ4n) is 1.86. The molecule has 2 aromatic heterocycles. The molecule has 3 rings (SSSR count). The molecule has 0 bridgehead atoms. The second-order valence-corrected chi connectivity index (χ2v) is 5.06. The quantitative estimate of drug-likeness (QED) is 0.746. The SMILES string of the molecule is Nc1nc2cnccc2n1-c1cc(Cl)ccc1Br. The van der Waals surface area contributed by atoms with E-state index in [1.807, 2.05) is 28.8 Å². The average Bonchev–Trinajstić information content (AvgIpc) is 2.68. The first kappa shape index (κ1) is 11.5. The van der Waals surface area contributed by atoms with Crippen LogP contribution in [0.15, 0.2) is 41.1 Å². The summed E-state index contributed by atoms with van der Waals surface area (Å²) in [5.74, 6) is 0.404. The van der Waals surface area contributed by atoms with Crippen LogP contribution >= 0.6 is 27.5 Å². The molecule has 0 aliphatic carbocycles. The van der Waals surface area contributed by atoms with Crippen molar-refractivity contribution in [2.75, 3.05) is 5.73 Å². The van der Waals surface area contributed by atoms with Gasteiger partial charge in [0.05, 0.1) is 17.4 Å². The molecular weight excluding hydrogens is 316 g/mol. The van der Waals surface area contributed by atoms with E-state index < -0.39 is 0 Å². The second kappa shape index (κ2) is 4.26. The Labute approximate surface area is 117 Å². The molecule has 18 heavy (non-hydrogen) atoms. The number of benzene rings is 1. The molecule has 0 unspecified atom stereocenters. The number of hydrogen-bond acceptors (Lipinski definition) is 3. The normalized spacial score (nSPS) is 11.0. The van der Waals surface area contributed by atoms with Gasteiger partial charge in [0.1, 0.15) is 5.52 Å². The summed E-state index contributed by atoms with van der Waals surface area (Å²) in [6.45, 7) is 0. The number of halogens is 2. The van der Waals surface area contributed by atoms with E-state index in [1.54, 1.807) is 12.4 Å². The van der Waals surface area contributed by atoms with Crippen LogP contribution in [-0.2, 0) is 0 Å². The first-order chi connectivity index (χ1) is 8.66. The van der Waals surface area contributed by atoms with Crippen LogP contribution in [0.1, 0.15) is 0 Å². The Bertz CT molecular complexity index is 738. The zero-order valence-corrected chi connectivity index (χ0v) is 11.5. The highest BCUT2D eigenvalue weighted by atomic mass is 79.9. The smallest absolute Gasteiger partial charge is 0.206 e. The van der Waals surface area contributed by atoms with Gasteiger partial charge in [0, 0.05) is 15.7 Å². The van der Waals surface area contributed by atoms with E-state index in [0.717, 1.165) is 21.2 Å². The third-order valence-electron chi connectivity index (χ3n) is 2.63. The molecule has 4 nitrogen and oxygen atoms in total. The van der Waals surface area contributed by atoms with E-state index in [0.29, 0.717) is 11.0 Å². The highest BCUT2D eigenvalue weighted by molar-refractivity contribution is 9.10. The molecule has 0 saturated heterocycles. The summed E-state index contributed by atoms with van der Waals surface area (Å²) in [6.07, 6.45) is 3.39. The van der Waals surface area contributed by atoms with Crippen LogP contribution in [0.25, 0.3) is 16.7 Å². The molecule has 0 aliphatic heterocycles. The molecule has 0 fully saturated rings. The van der Waals surface area contributed by atoms with E-state index in [9.17, 15) is 0 Å². The third-order valence-corrected chi connectivity index (χ3v) is 3.54. The third kappa shape index (κ3) is 1.76. The Balaban J connectivity index is 2.37. The van der Waals surface area contributed by atoms with Crippen LogP contribution in [-0.4, -0.2) is 14.5 Å². The molecule has 3 aromatic rings. The van der Waals surface area contributed by atoms with Crippen molar-refractivity contribution in [3.05, 3.63) is 46.2 Å². The number of rotatable bonds is 1. The number of nitrogens with two attached hydrogens (primary N) is 1. The molecular formula is C12H8BrClN4. The van der Waals surface area contributed by atoms with Crippen molar-refractivity contribution in [2.45, 2.75) is 0 Å². The number of pyridine rings is 1. The van der Waals surface area contributed by atoms with Crippen LogP contribution in [0.3, 0.4) is 0 Å². The molecule has 6 heteroatoms. The maximum absolute atomic E-state index is 6.03. The minimum atomic E-state index is 0.404. The van der Waals surface area contributed by atoms with Gasteiger partial charge in [-0.15, -0.1) is 0 Å². The molecule has 2 N–H and O–H groups in total. The average molecular weight is 324 g/mol. The van der Waals surface area contributed by atoms with Crippen LogP contribution < -0.4 is 5.73 Å². The van der Waals surface area contributed by atoms with Gasteiger partial charge >= 0.3 is 0 Å². The fraction of sp³-hybridized carbons (Fsp3) is 0. The highest BCUT2D eigenvalue weighted by Gasteiger charge is 2.12. The zero-order chi connectivity index (χ0) is 12.7. The monoisotopic (exact) mass is 322 g/mol. The summed E-state index contributed by atoms with van der Waals surface area (Å²) in [4.78, 5) is 8.31. The summed E-state index contributed by atoms with van der Waals surface area (Å²) < 4.78 is 2.74. The predicted octanol–water partition coefficient (Wildman–Crippen LogP) is 3.42. The van der Waals surface area contributed by atoms with Gasteiger partial charge in [-0.25, -0.2) is 4.98 Å². The summed E-state index contributed by atoms with van der Waals surface area (Å²) >= 11 is 9.52. The van der Waals surface area contributed by atoms with Crippen LogP contribution in [0.5, 0.6) is 0 Å². The van der Waals surface area contributed by atoms with Gasteiger partial charge in [-0.2, -0.15) is 0 Å². The number of anilines is 1. The van der Waals surface area contributed by atoms with Crippen molar-refractivity contribution in [1.29, 1.82) is 0 Å². The lowest BCUT2D eigenvalue weighted by Crippen LogP contribution is -2.01.